The van der Waals surface area contributed by atoms with E-state index in [1.54, 1.807) is 4.90 Å². The number of carbonyl (C=O) groups is 1. The van der Waals surface area contributed by atoms with E-state index in [1.807, 2.05) is 0 Å². The van der Waals surface area contributed by atoms with E-state index in [9.17, 15) is 18.0 Å². The number of alkyl halides is 3. The largest absolute Gasteiger partial charge is 0.573 e. The van der Waals surface area contributed by atoms with Crippen LogP contribution in [0, 0.1) is 5.82 Å². The fraction of sp³-hybridized carbons (Fsp3) is 0.462. The summed E-state index contributed by atoms with van der Waals surface area (Å²) < 4.78 is 56.0. The maximum atomic E-state index is 15.0. The minimum atomic E-state index is -4.78. The second kappa shape index (κ2) is 9.72. The van der Waals surface area contributed by atoms with Crippen LogP contribution in [0.5, 0.6) is 5.75 Å². The molecule has 0 aliphatic carbocycles. The SMILES string of the molecule is CN1CCC(c2cc3c(C4CCN(C(=O)c5ccc(OC(F)(F)F)cc5)CC4)c(F)cnc3[nH]2)CC1. The summed E-state index contributed by atoms with van der Waals surface area (Å²) in [6, 6.07) is 6.96. The summed E-state index contributed by atoms with van der Waals surface area (Å²) in [4.78, 5) is 24.6. The van der Waals surface area contributed by atoms with Gasteiger partial charge in [-0.05, 0) is 82.1 Å². The third kappa shape index (κ3) is 5.18. The highest BCUT2D eigenvalue weighted by Crippen LogP contribution is 2.37. The van der Waals surface area contributed by atoms with Crippen LogP contribution in [0.1, 0.15) is 59.1 Å². The van der Waals surface area contributed by atoms with Crippen molar-refractivity contribution in [1.29, 1.82) is 0 Å². The highest BCUT2D eigenvalue weighted by molar-refractivity contribution is 5.94. The molecule has 2 fully saturated rings. The standard InChI is InChI=1S/C26H28F4N4O2/c1-33-10-6-16(7-11-33)22-14-20-23(21(27)15-31-24(20)32-22)17-8-12-34(13-9-17)25(35)18-2-4-19(5-3-18)36-26(28,29)30/h2-5,14-17H,6-13H2,1H3,(H,31,32). The van der Waals surface area contributed by atoms with Crippen LogP contribution < -0.4 is 4.74 Å². The molecule has 6 nitrogen and oxygen atoms in total. The number of fused-ring (bicyclic) bond motifs is 1. The molecule has 2 saturated heterocycles. The summed E-state index contributed by atoms with van der Waals surface area (Å²) in [6.07, 6.45) is -0.240. The molecule has 36 heavy (non-hydrogen) atoms. The molecular formula is C26H28F4N4O2. The van der Waals surface area contributed by atoms with Crippen LogP contribution in [0.4, 0.5) is 17.6 Å². The number of aromatic nitrogens is 2. The molecule has 1 N–H and O–H groups in total. The molecule has 0 saturated carbocycles. The summed E-state index contributed by atoms with van der Waals surface area (Å²) in [5.74, 6) is -0.622. The molecule has 0 spiro atoms. The Balaban J connectivity index is 1.28. The Morgan fingerprint density at radius 3 is 2.31 bits per heavy atom. The number of aromatic amines is 1. The van der Waals surface area contributed by atoms with Gasteiger partial charge in [0, 0.05) is 41.2 Å². The summed E-state index contributed by atoms with van der Waals surface area (Å²) in [6.45, 7) is 2.91. The van der Waals surface area contributed by atoms with Crippen LogP contribution in [0.25, 0.3) is 11.0 Å². The average molecular weight is 505 g/mol. The lowest BCUT2D eigenvalue weighted by Gasteiger charge is -2.32. The van der Waals surface area contributed by atoms with Gasteiger partial charge in [-0.2, -0.15) is 0 Å². The Morgan fingerprint density at radius 2 is 1.67 bits per heavy atom. The van der Waals surface area contributed by atoms with Crippen molar-refractivity contribution < 1.29 is 27.1 Å². The van der Waals surface area contributed by atoms with E-state index in [-0.39, 0.29) is 29.0 Å². The first-order valence-corrected chi connectivity index (χ1v) is 12.2. The average Bonchev–Trinajstić information content (AvgIpc) is 3.28. The van der Waals surface area contributed by atoms with Gasteiger partial charge in [-0.25, -0.2) is 9.37 Å². The number of nitrogens with one attached hydrogen (secondary N) is 1. The van der Waals surface area contributed by atoms with Gasteiger partial charge in [0.2, 0.25) is 0 Å². The molecule has 1 amide bonds. The van der Waals surface area contributed by atoms with Crippen molar-refractivity contribution in [3.8, 4) is 5.75 Å². The molecule has 0 atom stereocenters. The quantitative estimate of drug-likeness (QED) is 0.482. The molecule has 10 heteroatoms. The number of hydrogen-bond acceptors (Lipinski definition) is 4. The fourth-order valence-electron chi connectivity index (χ4n) is 5.40. The van der Waals surface area contributed by atoms with E-state index in [4.69, 9.17) is 0 Å². The predicted octanol–water partition coefficient (Wildman–Crippen LogP) is 5.43. The smallest absolute Gasteiger partial charge is 0.406 e. The second-order valence-electron chi connectivity index (χ2n) is 9.72. The summed E-state index contributed by atoms with van der Waals surface area (Å²) in [5.41, 5.74) is 2.73. The van der Waals surface area contributed by atoms with Crippen molar-refractivity contribution in [2.24, 2.45) is 0 Å². The van der Waals surface area contributed by atoms with Crippen molar-refractivity contribution in [3.05, 3.63) is 59.2 Å². The first kappa shape index (κ1) is 24.5. The van der Waals surface area contributed by atoms with Crippen molar-refractivity contribution in [1.82, 2.24) is 19.8 Å². The number of benzene rings is 1. The van der Waals surface area contributed by atoms with Crippen LogP contribution in [-0.2, 0) is 0 Å². The number of H-pyrrole nitrogens is 1. The van der Waals surface area contributed by atoms with Gasteiger partial charge < -0.3 is 19.5 Å². The highest BCUT2D eigenvalue weighted by Gasteiger charge is 2.32. The van der Waals surface area contributed by atoms with Crippen LogP contribution in [-0.4, -0.2) is 65.3 Å². The Labute approximate surface area is 206 Å². The van der Waals surface area contributed by atoms with Crippen molar-refractivity contribution in [2.75, 3.05) is 33.2 Å². The van der Waals surface area contributed by atoms with Gasteiger partial charge in [0.25, 0.3) is 5.91 Å². The second-order valence-corrected chi connectivity index (χ2v) is 9.72. The predicted molar refractivity (Wildman–Crippen MR) is 127 cm³/mol. The topological polar surface area (TPSA) is 61.5 Å². The van der Waals surface area contributed by atoms with Crippen molar-refractivity contribution in [2.45, 2.75) is 43.9 Å². The number of hydrogen-bond donors (Lipinski definition) is 1. The van der Waals surface area contributed by atoms with Gasteiger partial charge in [0.15, 0.2) is 0 Å². The number of ether oxygens (including phenoxy) is 1. The molecule has 0 unspecified atom stereocenters. The number of likely N-dealkylation sites (tertiary alicyclic amines) is 2. The Morgan fingerprint density at radius 1 is 1.03 bits per heavy atom. The molecule has 2 aromatic heterocycles. The third-order valence-electron chi connectivity index (χ3n) is 7.36. The van der Waals surface area contributed by atoms with Gasteiger partial charge in [-0.1, -0.05) is 0 Å². The number of rotatable bonds is 4. The Kier molecular flexibility index (Phi) is 6.63. The lowest BCUT2D eigenvalue weighted by Crippen LogP contribution is -2.38. The maximum absolute atomic E-state index is 15.0. The zero-order valence-electron chi connectivity index (χ0n) is 19.9. The zero-order chi connectivity index (χ0) is 25.4. The van der Waals surface area contributed by atoms with Gasteiger partial charge in [-0.3, -0.25) is 4.79 Å². The van der Waals surface area contributed by atoms with Crippen molar-refractivity contribution >= 4 is 16.9 Å². The lowest BCUT2D eigenvalue weighted by atomic mass is 9.87. The van der Waals surface area contributed by atoms with E-state index in [0.29, 0.717) is 43.1 Å². The molecule has 2 aliphatic heterocycles. The van der Waals surface area contributed by atoms with Gasteiger partial charge in [0.1, 0.15) is 17.2 Å². The third-order valence-corrected chi connectivity index (χ3v) is 7.36. The number of pyridine rings is 1. The van der Waals surface area contributed by atoms with E-state index in [0.717, 1.165) is 49.1 Å². The Hall–Kier alpha value is -3.14. The Bertz CT molecular complexity index is 1230. The maximum Gasteiger partial charge on any atom is 0.573 e. The van der Waals surface area contributed by atoms with Gasteiger partial charge in [0.05, 0.1) is 6.20 Å². The molecule has 0 radical (unpaired) electrons. The van der Waals surface area contributed by atoms with Gasteiger partial charge in [-0.15, -0.1) is 13.2 Å². The molecular weight excluding hydrogens is 476 g/mol. The molecule has 2 aliphatic rings. The minimum absolute atomic E-state index is 0.0525. The lowest BCUT2D eigenvalue weighted by molar-refractivity contribution is -0.274. The summed E-state index contributed by atoms with van der Waals surface area (Å²) in [7, 11) is 2.12. The van der Waals surface area contributed by atoms with Crippen LogP contribution in [0.3, 0.4) is 0 Å². The number of nitrogens with zero attached hydrogens (tertiary/aromatic N) is 3. The number of amides is 1. The molecule has 3 aromatic rings. The molecule has 4 heterocycles. The number of halogens is 4. The zero-order valence-corrected chi connectivity index (χ0v) is 19.9. The van der Waals surface area contributed by atoms with Crippen LogP contribution in [0.15, 0.2) is 36.5 Å². The number of carbonyl (C=O) groups excluding carboxylic acids is 1. The first-order chi connectivity index (χ1) is 17.2. The van der Waals surface area contributed by atoms with E-state index >= 15 is 4.39 Å². The highest BCUT2D eigenvalue weighted by atomic mass is 19.4. The van der Waals surface area contributed by atoms with Crippen LogP contribution in [0.2, 0.25) is 0 Å². The van der Waals surface area contributed by atoms with Crippen molar-refractivity contribution in [3.63, 3.8) is 0 Å². The first-order valence-electron chi connectivity index (χ1n) is 12.2. The molecule has 1 aromatic carbocycles. The monoisotopic (exact) mass is 504 g/mol. The minimum Gasteiger partial charge on any atom is -0.406 e. The van der Waals surface area contributed by atoms with E-state index in [2.05, 4.69) is 32.7 Å². The van der Waals surface area contributed by atoms with E-state index < -0.39 is 6.36 Å². The summed E-state index contributed by atoms with van der Waals surface area (Å²) in [5, 5.41) is 0.814. The molecule has 0 bridgehead atoms. The number of piperidine rings is 2. The normalized spacial score (nSPS) is 18.6. The van der Waals surface area contributed by atoms with Crippen LogP contribution >= 0.6 is 0 Å². The van der Waals surface area contributed by atoms with E-state index in [1.165, 1.54) is 18.3 Å². The summed E-state index contributed by atoms with van der Waals surface area (Å²) >= 11 is 0. The fourth-order valence-corrected chi connectivity index (χ4v) is 5.40. The molecule has 192 valence electrons. The molecule has 5 rings (SSSR count). The van der Waals surface area contributed by atoms with Gasteiger partial charge >= 0.3 is 6.36 Å².